The predicted octanol–water partition coefficient (Wildman–Crippen LogP) is 3.13. The maximum atomic E-state index is 12.6. The number of anilines is 1. The lowest BCUT2D eigenvalue weighted by molar-refractivity contribution is 0.0746. The Kier molecular flexibility index (Phi) is 6.39. The summed E-state index contributed by atoms with van der Waals surface area (Å²) in [4.78, 5) is 16.7. The van der Waals surface area contributed by atoms with Gasteiger partial charge in [0.1, 0.15) is 0 Å². The average Bonchev–Trinajstić information content (AvgIpc) is 2.88. The van der Waals surface area contributed by atoms with E-state index in [-0.39, 0.29) is 5.91 Å². The van der Waals surface area contributed by atoms with Crippen molar-refractivity contribution in [3.8, 4) is 28.5 Å². The third kappa shape index (κ3) is 4.30. The highest BCUT2D eigenvalue weighted by molar-refractivity contribution is 5.94. The van der Waals surface area contributed by atoms with Crippen molar-refractivity contribution < 1.29 is 19.0 Å². The van der Waals surface area contributed by atoms with Crippen molar-refractivity contribution in [2.24, 2.45) is 0 Å². The maximum Gasteiger partial charge on any atom is 0.253 e. The first-order valence-electron chi connectivity index (χ1n) is 10.4. The smallest absolute Gasteiger partial charge is 0.253 e. The number of carbonyl (C=O) groups is 1. The van der Waals surface area contributed by atoms with Crippen molar-refractivity contribution in [1.82, 2.24) is 15.1 Å². The maximum absolute atomic E-state index is 12.6. The number of hydrogen-bond acceptors (Lipinski definition) is 7. The molecule has 1 aromatic heterocycles. The summed E-state index contributed by atoms with van der Waals surface area (Å²) in [6, 6.07) is 16.9. The van der Waals surface area contributed by atoms with Gasteiger partial charge in [-0.05, 0) is 36.4 Å². The van der Waals surface area contributed by atoms with Crippen molar-refractivity contribution in [3.63, 3.8) is 0 Å². The van der Waals surface area contributed by atoms with Gasteiger partial charge in [0.25, 0.3) is 5.91 Å². The lowest BCUT2D eigenvalue weighted by atomic mass is 10.1. The average molecular weight is 434 g/mol. The zero-order chi connectivity index (χ0) is 22.5. The van der Waals surface area contributed by atoms with Crippen LogP contribution in [-0.2, 0) is 0 Å². The summed E-state index contributed by atoms with van der Waals surface area (Å²) in [7, 11) is 4.73. The molecule has 1 aliphatic rings. The van der Waals surface area contributed by atoms with Gasteiger partial charge in [0.15, 0.2) is 17.3 Å². The van der Waals surface area contributed by atoms with E-state index in [9.17, 15) is 4.79 Å². The Morgan fingerprint density at radius 2 is 1.47 bits per heavy atom. The third-order valence-corrected chi connectivity index (χ3v) is 5.52. The summed E-state index contributed by atoms with van der Waals surface area (Å²) < 4.78 is 16.2. The number of ether oxygens (including phenoxy) is 3. The highest BCUT2D eigenvalue weighted by Gasteiger charge is 2.23. The molecule has 0 atom stereocenters. The van der Waals surface area contributed by atoms with Crippen LogP contribution in [0.25, 0.3) is 11.3 Å². The minimum absolute atomic E-state index is 0.0640. The van der Waals surface area contributed by atoms with Gasteiger partial charge in [0.05, 0.1) is 27.0 Å². The minimum Gasteiger partial charge on any atom is -0.493 e. The molecule has 1 saturated heterocycles. The molecule has 166 valence electrons. The lowest BCUT2D eigenvalue weighted by Gasteiger charge is -2.35. The quantitative estimate of drug-likeness (QED) is 0.590. The summed E-state index contributed by atoms with van der Waals surface area (Å²) in [6.45, 7) is 2.70. The molecule has 0 aliphatic carbocycles. The molecule has 1 amide bonds. The summed E-state index contributed by atoms with van der Waals surface area (Å²) in [6.07, 6.45) is 0. The normalized spacial score (nSPS) is 13.6. The van der Waals surface area contributed by atoms with E-state index in [1.54, 1.807) is 21.3 Å². The molecule has 0 N–H and O–H groups in total. The molecule has 8 heteroatoms. The van der Waals surface area contributed by atoms with E-state index in [2.05, 4.69) is 15.1 Å². The Morgan fingerprint density at radius 1 is 0.812 bits per heavy atom. The monoisotopic (exact) mass is 434 g/mol. The van der Waals surface area contributed by atoms with Gasteiger partial charge in [0.2, 0.25) is 5.75 Å². The van der Waals surface area contributed by atoms with E-state index >= 15 is 0 Å². The summed E-state index contributed by atoms with van der Waals surface area (Å²) in [5.74, 6) is 2.51. The number of aromatic nitrogens is 2. The van der Waals surface area contributed by atoms with E-state index in [4.69, 9.17) is 14.2 Å². The molecule has 8 nitrogen and oxygen atoms in total. The van der Waals surface area contributed by atoms with E-state index in [1.165, 1.54) is 0 Å². The molecule has 32 heavy (non-hydrogen) atoms. The predicted molar refractivity (Wildman–Crippen MR) is 122 cm³/mol. The van der Waals surface area contributed by atoms with Crippen molar-refractivity contribution in [2.45, 2.75) is 0 Å². The van der Waals surface area contributed by atoms with Gasteiger partial charge >= 0.3 is 0 Å². The number of amides is 1. The zero-order valence-electron chi connectivity index (χ0n) is 18.4. The Labute approximate surface area is 187 Å². The first-order chi connectivity index (χ1) is 15.6. The Bertz CT molecular complexity index is 1040. The second-order valence-corrected chi connectivity index (χ2v) is 7.34. The molecule has 3 aromatic rings. The van der Waals surface area contributed by atoms with Gasteiger partial charge in [0, 0.05) is 37.3 Å². The van der Waals surface area contributed by atoms with E-state index in [0.717, 1.165) is 16.9 Å². The van der Waals surface area contributed by atoms with Crippen LogP contribution in [0.3, 0.4) is 0 Å². The molecule has 0 bridgehead atoms. The molecule has 2 aromatic carbocycles. The Balaban J connectivity index is 1.45. The molecule has 0 spiro atoms. The fourth-order valence-electron chi connectivity index (χ4n) is 3.78. The van der Waals surface area contributed by atoms with Crippen LogP contribution in [0.5, 0.6) is 17.2 Å². The van der Waals surface area contributed by atoms with Gasteiger partial charge in [-0.25, -0.2) is 0 Å². The zero-order valence-corrected chi connectivity index (χ0v) is 18.4. The van der Waals surface area contributed by atoms with E-state index in [0.29, 0.717) is 49.1 Å². The van der Waals surface area contributed by atoms with Crippen LogP contribution < -0.4 is 19.1 Å². The van der Waals surface area contributed by atoms with Gasteiger partial charge in [-0.15, -0.1) is 10.2 Å². The van der Waals surface area contributed by atoms with E-state index in [1.807, 2.05) is 59.5 Å². The van der Waals surface area contributed by atoms with Crippen LogP contribution in [0.1, 0.15) is 10.4 Å². The fraction of sp³-hybridized carbons (Fsp3) is 0.292. The van der Waals surface area contributed by atoms with Gasteiger partial charge in [-0.3, -0.25) is 4.79 Å². The fourth-order valence-corrected chi connectivity index (χ4v) is 3.78. The number of methoxy groups -OCH3 is 3. The molecular formula is C24H26N4O4. The van der Waals surface area contributed by atoms with Crippen LogP contribution >= 0.6 is 0 Å². The second kappa shape index (κ2) is 9.55. The number of piperazine rings is 1. The van der Waals surface area contributed by atoms with Crippen LogP contribution in [0.2, 0.25) is 0 Å². The molecular weight excluding hydrogens is 408 g/mol. The number of hydrogen-bond donors (Lipinski definition) is 0. The third-order valence-electron chi connectivity index (χ3n) is 5.52. The van der Waals surface area contributed by atoms with Crippen LogP contribution in [-0.4, -0.2) is 68.5 Å². The SMILES string of the molecule is COc1cc(-c2ccc(N3CCN(C(=O)c4ccccc4)CC3)nn2)cc(OC)c1OC. The van der Waals surface area contributed by atoms with Crippen LogP contribution in [0, 0.1) is 0 Å². The molecule has 1 fully saturated rings. The number of benzene rings is 2. The van der Waals surface area contributed by atoms with E-state index < -0.39 is 0 Å². The molecule has 1 aliphatic heterocycles. The Morgan fingerprint density at radius 3 is 2.00 bits per heavy atom. The van der Waals surface area contributed by atoms with Crippen LogP contribution in [0.4, 0.5) is 5.82 Å². The molecule has 0 radical (unpaired) electrons. The first-order valence-corrected chi connectivity index (χ1v) is 10.4. The highest BCUT2D eigenvalue weighted by Crippen LogP contribution is 2.40. The standard InChI is InChI=1S/C24H26N4O4/c1-30-20-15-18(16-21(31-2)23(20)32-3)19-9-10-22(26-25-19)27-11-13-28(14-12-27)24(29)17-7-5-4-6-8-17/h4-10,15-16H,11-14H2,1-3H3. The van der Waals surface area contributed by atoms with Crippen molar-refractivity contribution in [1.29, 1.82) is 0 Å². The molecule has 0 unspecified atom stereocenters. The lowest BCUT2D eigenvalue weighted by Crippen LogP contribution is -2.49. The minimum atomic E-state index is 0.0640. The number of nitrogens with zero attached hydrogens (tertiary/aromatic N) is 4. The summed E-state index contributed by atoms with van der Waals surface area (Å²) in [5.41, 5.74) is 2.23. The molecule has 4 rings (SSSR count). The molecule has 2 heterocycles. The number of rotatable bonds is 6. The second-order valence-electron chi connectivity index (χ2n) is 7.34. The topological polar surface area (TPSA) is 77.0 Å². The van der Waals surface area contributed by atoms with Crippen molar-refractivity contribution in [3.05, 3.63) is 60.2 Å². The largest absolute Gasteiger partial charge is 0.493 e. The van der Waals surface area contributed by atoms with Gasteiger partial charge in [-0.1, -0.05) is 18.2 Å². The highest BCUT2D eigenvalue weighted by atomic mass is 16.5. The molecule has 0 saturated carbocycles. The summed E-state index contributed by atoms with van der Waals surface area (Å²) in [5, 5.41) is 8.83. The first kappa shape index (κ1) is 21.4. The van der Waals surface area contributed by atoms with Gasteiger partial charge in [-0.2, -0.15) is 0 Å². The summed E-state index contributed by atoms with van der Waals surface area (Å²) >= 11 is 0. The van der Waals surface area contributed by atoms with Crippen molar-refractivity contribution >= 4 is 11.7 Å². The van der Waals surface area contributed by atoms with Crippen molar-refractivity contribution in [2.75, 3.05) is 52.4 Å². The number of carbonyl (C=O) groups excluding carboxylic acids is 1. The Hall–Kier alpha value is -3.81. The van der Waals surface area contributed by atoms with Crippen LogP contribution in [0.15, 0.2) is 54.6 Å². The van der Waals surface area contributed by atoms with Gasteiger partial charge < -0.3 is 24.0 Å².